The highest BCUT2D eigenvalue weighted by Crippen LogP contribution is 2.33. The van der Waals surface area contributed by atoms with Crippen molar-refractivity contribution in [1.29, 1.82) is 0 Å². The van der Waals surface area contributed by atoms with E-state index in [0.29, 0.717) is 0 Å². The molecule has 5 heteroatoms. The molecule has 32 heavy (non-hydrogen) atoms. The maximum atomic E-state index is 6.46. The highest BCUT2D eigenvalue weighted by atomic mass is 16.5. The third-order valence-corrected chi connectivity index (χ3v) is 6.24. The SMILES string of the molecule is CC(C)(C)c1ccc2oc(N3CCC(Oc4ccccc4N4C=CC=CC4)CC3)nc2c1. The number of para-hydroxylation sites is 2. The Morgan fingerprint density at radius 3 is 2.59 bits per heavy atom. The lowest BCUT2D eigenvalue weighted by Crippen LogP contribution is -2.38. The maximum Gasteiger partial charge on any atom is 0.298 e. The van der Waals surface area contributed by atoms with Crippen molar-refractivity contribution in [3.8, 4) is 5.75 Å². The van der Waals surface area contributed by atoms with Crippen LogP contribution in [0.2, 0.25) is 0 Å². The number of benzene rings is 2. The molecule has 0 unspecified atom stereocenters. The van der Waals surface area contributed by atoms with Gasteiger partial charge in [0, 0.05) is 38.7 Å². The second-order valence-electron chi connectivity index (χ2n) is 9.62. The zero-order valence-electron chi connectivity index (χ0n) is 19.1. The standard InChI is InChI=1S/C27H31N3O2/c1-27(2,3)20-11-12-24-22(19-20)28-26(32-24)30-17-13-21(14-18-30)31-25-10-6-5-9-23(25)29-15-7-4-8-16-29/h4-12,15,19,21H,13-14,16-18H2,1-3H3. The number of hydrogen-bond acceptors (Lipinski definition) is 5. The van der Waals surface area contributed by atoms with Crippen molar-refractivity contribution in [1.82, 2.24) is 4.98 Å². The highest BCUT2D eigenvalue weighted by Gasteiger charge is 2.25. The monoisotopic (exact) mass is 429 g/mol. The lowest BCUT2D eigenvalue weighted by Gasteiger charge is -2.32. The minimum atomic E-state index is 0.0968. The zero-order valence-corrected chi connectivity index (χ0v) is 19.1. The van der Waals surface area contributed by atoms with Crippen LogP contribution >= 0.6 is 0 Å². The second kappa shape index (κ2) is 8.38. The van der Waals surface area contributed by atoms with Crippen LogP contribution in [0.15, 0.2) is 71.3 Å². The van der Waals surface area contributed by atoms with Crippen LogP contribution in [0.3, 0.4) is 0 Å². The lowest BCUT2D eigenvalue weighted by atomic mass is 9.87. The fourth-order valence-corrected chi connectivity index (χ4v) is 4.30. The minimum absolute atomic E-state index is 0.0968. The third kappa shape index (κ3) is 4.24. The van der Waals surface area contributed by atoms with Crippen molar-refractivity contribution in [3.05, 3.63) is 72.5 Å². The summed E-state index contributed by atoms with van der Waals surface area (Å²) in [5, 5.41) is 0. The molecule has 0 atom stereocenters. The van der Waals surface area contributed by atoms with Gasteiger partial charge in [-0.15, -0.1) is 0 Å². The first-order chi connectivity index (χ1) is 15.5. The van der Waals surface area contributed by atoms with Crippen LogP contribution in [-0.4, -0.2) is 30.7 Å². The zero-order chi connectivity index (χ0) is 22.1. The Kier molecular flexibility index (Phi) is 5.41. The summed E-state index contributed by atoms with van der Waals surface area (Å²) in [7, 11) is 0. The minimum Gasteiger partial charge on any atom is -0.488 e. The van der Waals surface area contributed by atoms with Gasteiger partial charge in [-0.2, -0.15) is 4.98 Å². The molecular weight excluding hydrogens is 398 g/mol. The number of oxazole rings is 1. The Balaban J connectivity index is 1.25. The van der Waals surface area contributed by atoms with Gasteiger partial charge >= 0.3 is 0 Å². The van der Waals surface area contributed by atoms with Crippen LogP contribution in [0, 0.1) is 0 Å². The number of allylic oxidation sites excluding steroid dienone is 2. The van der Waals surface area contributed by atoms with Gasteiger partial charge in [0.2, 0.25) is 0 Å². The molecule has 0 radical (unpaired) electrons. The molecule has 0 saturated carbocycles. The predicted octanol–water partition coefficient (Wildman–Crippen LogP) is 6.06. The first-order valence-corrected chi connectivity index (χ1v) is 11.5. The van der Waals surface area contributed by atoms with Gasteiger partial charge in [0.05, 0.1) is 5.69 Å². The number of aromatic nitrogens is 1. The molecule has 0 aliphatic carbocycles. The van der Waals surface area contributed by atoms with Gasteiger partial charge in [0.25, 0.3) is 6.01 Å². The number of anilines is 2. The molecule has 2 aromatic carbocycles. The Morgan fingerprint density at radius 1 is 1.03 bits per heavy atom. The Labute approximate surface area is 190 Å². The van der Waals surface area contributed by atoms with E-state index in [1.54, 1.807) is 0 Å². The molecule has 3 aromatic rings. The van der Waals surface area contributed by atoms with Gasteiger partial charge in [-0.25, -0.2) is 0 Å². The van der Waals surface area contributed by atoms with Gasteiger partial charge in [-0.1, -0.05) is 51.1 Å². The van der Waals surface area contributed by atoms with E-state index in [2.05, 4.69) is 85.3 Å². The highest BCUT2D eigenvalue weighted by molar-refractivity contribution is 5.75. The first kappa shape index (κ1) is 20.7. The van der Waals surface area contributed by atoms with Gasteiger partial charge in [0.15, 0.2) is 5.58 Å². The Morgan fingerprint density at radius 2 is 1.84 bits per heavy atom. The molecule has 0 N–H and O–H groups in total. The van der Waals surface area contributed by atoms with Crippen LogP contribution in [0.25, 0.3) is 11.1 Å². The lowest BCUT2D eigenvalue weighted by molar-refractivity contribution is 0.170. The first-order valence-electron chi connectivity index (χ1n) is 11.5. The molecule has 5 nitrogen and oxygen atoms in total. The van der Waals surface area contributed by atoms with Crippen LogP contribution in [-0.2, 0) is 5.41 Å². The number of nitrogens with zero attached hydrogens (tertiary/aromatic N) is 3. The van der Waals surface area contributed by atoms with E-state index in [9.17, 15) is 0 Å². The molecule has 2 aliphatic rings. The number of ether oxygens (including phenoxy) is 1. The summed E-state index contributed by atoms with van der Waals surface area (Å²) in [4.78, 5) is 9.25. The van der Waals surface area contributed by atoms with E-state index in [0.717, 1.165) is 61.0 Å². The number of rotatable bonds is 4. The molecule has 0 bridgehead atoms. The van der Waals surface area contributed by atoms with Crippen molar-refractivity contribution in [2.45, 2.75) is 45.1 Å². The molecule has 166 valence electrons. The molecule has 5 rings (SSSR count). The van der Waals surface area contributed by atoms with Crippen molar-refractivity contribution in [2.75, 3.05) is 29.4 Å². The summed E-state index contributed by atoms with van der Waals surface area (Å²) >= 11 is 0. The van der Waals surface area contributed by atoms with Crippen molar-refractivity contribution in [3.63, 3.8) is 0 Å². The summed E-state index contributed by atoms with van der Waals surface area (Å²) in [5.74, 6) is 0.947. The topological polar surface area (TPSA) is 41.7 Å². The average molecular weight is 430 g/mol. The van der Waals surface area contributed by atoms with Crippen LogP contribution in [0.4, 0.5) is 11.7 Å². The summed E-state index contributed by atoms with van der Waals surface area (Å²) in [6.07, 6.45) is 10.5. The van der Waals surface area contributed by atoms with E-state index in [1.165, 1.54) is 5.56 Å². The van der Waals surface area contributed by atoms with Crippen molar-refractivity contribution >= 4 is 22.8 Å². The van der Waals surface area contributed by atoms with Gasteiger partial charge in [-0.05, 0) is 41.3 Å². The van der Waals surface area contributed by atoms with Crippen molar-refractivity contribution in [2.24, 2.45) is 0 Å². The fourth-order valence-electron chi connectivity index (χ4n) is 4.30. The molecule has 1 aromatic heterocycles. The van der Waals surface area contributed by atoms with E-state index >= 15 is 0 Å². The largest absolute Gasteiger partial charge is 0.488 e. The summed E-state index contributed by atoms with van der Waals surface area (Å²) in [6, 6.07) is 15.4. The summed E-state index contributed by atoms with van der Waals surface area (Å²) in [6.45, 7) is 9.27. The van der Waals surface area contributed by atoms with E-state index in [1.807, 2.05) is 12.1 Å². The summed E-state index contributed by atoms with van der Waals surface area (Å²) < 4.78 is 12.5. The van der Waals surface area contributed by atoms with Crippen molar-refractivity contribution < 1.29 is 9.15 Å². The second-order valence-corrected chi connectivity index (χ2v) is 9.62. The number of fused-ring (bicyclic) bond motifs is 1. The van der Waals surface area contributed by atoms with Crippen LogP contribution < -0.4 is 14.5 Å². The van der Waals surface area contributed by atoms with Gasteiger partial charge in [-0.3, -0.25) is 0 Å². The molecule has 1 saturated heterocycles. The Bertz CT molecular complexity index is 1150. The fraction of sp³-hybridized carbons (Fsp3) is 0.370. The molecular formula is C27H31N3O2. The molecule has 0 amide bonds. The Hall–Kier alpha value is -3.21. The van der Waals surface area contributed by atoms with Crippen LogP contribution in [0.1, 0.15) is 39.2 Å². The predicted molar refractivity (Wildman–Crippen MR) is 131 cm³/mol. The van der Waals surface area contributed by atoms with E-state index in [-0.39, 0.29) is 11.5 Å². The molecule has 3 heterocycles. The number of hydrogen-bond donors (Lipinski definition) is 0. The van der Waals surface area contributed by atoms with E-state index < -0.39 is 0 Å². The molecule has 0 spiro atoms. The quantitative estimate of drug-likeness (QED) is 0.504. The normalized spacial score (nSPS) is 17.3. The smallest absolute Gasteiger partial charge is 0.298 e. The maximum absolute atomic E-state index is 6.46. The molecule has 2 aliphatic heterocycles. The third-order valence-electron chi connectivity index (χ3n) is 6.24. The summed E-state index contributed by atoms with van der Waals surface area (Å²) in [5.41, 5.74) is 4.27. The number of piperidine rings is 1. The van der Waals surface area contributed by atoms with Gasteiger partial charge < -0.3 is 19.0 Å². The average Bonchev–Trinajstić information content (AvgIpc) is 3.23. The molecule has 1 fully saturated rings. The van der Waals surface area contributed by atoms with Gasteiger partial charge in [0.1, 0.15) is 17.4 Å². The van der Waals surface area contributed by atoms with Crippen LogP contribution in [0.5, 0.6) is 5.75 Å². The van der Waals surface area contributed by atoms with E-state index in [4.69, 9.17) is 14.1 Å².